The fourth-order valence-corrected chi connectivity index (χ4v) is 1.54. The highest BCUT2D eigenvalue weighted by Crippen LogP contribution is 2.11. The van der Waals surface area contributed by atoms with Gasteiger partial charge in [0.2, 0.25) is 0 Å². The van der Waals surface area contributed by atoms with Crippen molar-refractivity contribution in [1.82, 2.24) is 0 Å². The van der Waals surface area contributed by atoms with Gasteiger partial charge in [-0.3, -0.25) is 4.79 Å². The lowest BCUT2D eigenvalue weighted by Crippen LogP contribution is -2.10. The quantitative estimate of drug-likeness (QED) is 0.612. The van der Waals surface area contributed by atoms with Crippen LogP contribution >= 0.6 is 0 Å². The van der Waals surface area contributed by atoms with Crippen molar-refractivity contribution in [2.24, 2.45) is 5.92 Å². The lowest BCUT2D eigenvalue weighted by atomic mass is 10.0. The van der Waals surface area contributed by atoms with E-state index in [9.17, 15) is 9.90 Å². The van der Waals surface area contributed by atoms with Gasteiger partial charge in [0.25, 0.3) is 0 Å². The van der Waals surface area contributed by atoms with E-state index < -0.39 is 6.10 Å². The topological polar surface area (TPSA) is 37.3 Å². The first-order chi connectivity index (χ1) is 6.52. The Labute approximate surface area is 87.7 Å². The van der Waals surface area contributed by atoms with E-state index in [1.54, 1.807) is 0 Å². The molecule has 0 aliphatic rings. The maximum Gasteiger partial charge on any atom is 0.132 e. The second kappa shape index (κ2) is 7.98. The maximum atomic E-state index is 10.7. The Hall–Kier alpha value is -0.370. The average molecular weight is 200 g/mol. The van der Waals surface area contributed by atoms with Crippen molar-refractivity contribution < 1.29 is 9.90 Å². The van der Waals surface area contributed by atoms with Crippen molar-refractivity contribution in [2.75, 3.05) is 0 Å². The molecule has 0 rings (SSSR count). The van der Waals surface area contributed by atoms with Crippen molar-refractivity contribution >= 4 is 5.78 Å². The molecule has 0 saturated carbocycles. The second-order valence-electron chi connectivity index (χ2n) is 4.59. The van der Waals surface area contributed by atoms with Crippen LogP contribution in [0.2, 0.25) is 0 Å². The van der Waals surface area contributed by atoms with E-state index in [1.165, 1.54) is 26.2 Å². The van der Waals surface area contributed by atoms with Gasteiger partial charge in [0.05, 0.1) is 6.10 Å². The van der Waals surface area contributed by atoms with Crippen LogP contribution in [0.25, 0.3) is 0 Å². The van der Waals surface area contributed by atoms with Gasteiger partial charge in [0.15, 0.2) is 0 Å². The van der Waals surface area contributed by atoms with Gasteiger partial charge in [-0.05, 0) is 19.3 Å². The molecular formula is C12H24O2. The largest absolute Gasteiger partial charge is 0.393 e. The highest BCUT2D eigenvalue weighted by atomic mass is 16.3. The first-order valence-electron chi connectivity index (χ1n) is 5.70. The summed E-state index contributed by atoms with van der Waals surface area (Å²) in [5.74, 6) is 0.858. The highest BCUT2D eigenvalue weighted by Gasteiger charge is 2.06. The van der Waals surface area contributed by atoms with Crippen LogP contribution in [0.4, 0.5) is 0 Å². The van der Waals surface area contributed by atoms with Crippen LogP contribution in [0.3, 0.4) is 0 Å². The standard InChI is InChI=1S/C12H24O2/c1-10(2)7-5-4-6-8-12(14)9-11(3)13/h10,12,14H,4-9H2,1-3H3. The predicted molar refractivity (Wildman–Crippen MR) is 59.2 cm³/mol. The number of carbonyl (C=O) groups is 1. The number of hydrogen-bond donors (Lipinski definition) is 1. The number of rotatable bonds is 8. The van der Waals surface area contributed by atoms with Crippen LogP contribution in [-0.4, -0.2) is 17.0 Å². The molecule has 0 aromatic carbocycles. The van der Waals surface area contributed by atoms with Crippen molar-refractivity contribution in [3.8, 4) is 0 Å². The molecule has 1 N–H and O–H groups in total. The molecule has 2 heteroatoms. The van der Waals surface area contributed by atoms with Crippen molar-refractivity contribution in [2.45, 2.75) is 65.4 Å². The number of hydrogen-bond acceptors (Lipinski definition) is 2. The van der Waals surface area contributed by atoms with Crippen LogP contribution < -0.4 is 0 Å². The Bertz CT molecular complexity index is 152. The lowest BCUT2D eigenvalue weighted by molar-refractivity contribution is -0.118. The van der Waals surface area contributed by atoms with E-state index >= 15 is 0 Å². The zero-order chi connectivity index (χ0) is 11.0. The normalized spacial score (nSPS) is 13.2. The number of aliphatic hydroxyl groups is 1. The van der Waals surface area contributed by atoms with Gasteiger partial charge < -0.3 is 5.11 Å². The van der Waals surface area contributed by atoms with Gasteiger partial charge >= 0.3 is 0 Å². The molecular weight excluding hydrogens is 176 g/mol. The average Bonchev–Trinajstić information content (AvgIpc) is 2.01. The second-order valence-corrected chi connectivity index (χ2v) is 4.59. The van der Waals surface area contributed by atoms with E-state index in [1.807, 2.05) is 0 Å². The van der Waals surface area contributed by atoms with Gasteiger partial charge in [-0.25, -0.2) is 0 Å². The van der Waals surface area contributed by atoms with Gasteiger partial charge in [-0.15, -0.1) is 0 Å². The van der Waals surface area contributed by atoms with E-state index in [4.69, 9.17) is 0 Å². The monoisotopic (exact) mass is 200 g/mol. The van der Waals surface area contributed by atoms with Crippen LogP contribution in [0.1, 0.15) is 59.3 Å². The Morgan fingerprint density at radius 3 is 2.21 bits per heavy atom. The summed E-state index contributed by atoms with van der Waals surface area (Å²) in [7, 11) is 0. The fraction of sp³-hybridized carbons (Fsp3) is 0.917. The third-order valence-corrected chi connectivity index (χ3v) is 2.34. The molecule has 1 unspecified atom stereocenters. The molecule has 0 amide bonds. The van der Waals surface area contributed by atoms with Crippen LogP contribution in [0.5, 0.6) is 0 Å². The van der Waals surface area contributed by atoms with E-state index in [2.05, 4.69) is 13.8 Å². The zero-order valence-corrected chi connectivity index (χ0v) is 9.75. The van der Waals surface area contributed by atoms with Crippen LogP contribution in [0, 0.1) is 5.92 Å². The summed E-state index contributed by atoms with van der Waals surface area (Å²) in [4.78, 5) is 10.7. The number of unbranched alkanes of at least 4 members (excludes halogenated alkanes) is 2. The third kappa shape index (κ3) is 9.72. The van der Waals surface area contributed by atoms with Crippen molar-refractivity contribution in [3.05, 3.63) is 0 Å². The molecule has 0 aliphatic heterocycles. The molecule has 1 atom stereocenters. The molecule has 14 heavy (non-hydrogen) atoms. The van der Waals surface area contributed by atoms with Crippen molar-refractivity contribution in [3.63, 3.8) is 0 Å². The fourth-order valence-electron chi connectivity index (χ4n) is 1.54. The molecule has 0 spiro atoms. The third-order valence-electron chi connectivity index (χ3n) is 2.34. The number of ketones is 1. The van der Waals surface area contributed by atoms with E-state index in [-0.39, 0.29) is 5.78 Å². The van der Waals surface area contributed by atoms with Gasteiger partial charge in [-0.1, -0.05) is 39.5 Å². The summed E-state index contributed by atoms with van der Waals surface area (Å²) in [5, 5.41) is 9.41. The highest BCUT2D eigenvalue weighted by molar-refractivity contribution is 5.75. The van der Waals surface area contributed by atoms with E-state index in [0.29, 0.717) is 6.42 Å². The predicted octanol–water partition coefficient (Wildman–Crippen LogP) is 2.93. The molecule has 2 nitrogen and oxygen atoms in total. The Morgan fingerprint density at radius 2 is 1.71 bits per heavy atom. The van der Waals surface area contributed by atoms with Gasteiger partial charge in [-0.2, -0.15) is 0 Å². The first kappa shape index (κ1) is 13.6. The smallest absolute Gasteiger partial charge is 0.132 e. The summed E-state index contributed by atoms with van der Waals surface area (Å²) in [6, 6.07) is 0. The van der Waals surface area contributed by atoms with Gasteiger partial charge in [0, 0.05) is 6.42 Å². The van der Waals surface area contributed by atoms with Crippen LogP contribution in [-0.2, 0) is 4.79 Å². The number of carbonyl (C=O) groups excluding carboxylic acids is 1. The molecule has 0 aromatic rings. The van der Waals surface area contributed by atoms with E-state index in [0.717, 1.165) is 18.8 Å². The molecule has 0 aromatic heterocycles. The Kier molecular flexibility index (Phi) is 7.77. The SMILES string of the molecule is CC(=O)CC(O)CCCCCC(C)C. The minimum Gasteiger partial charge on any atom is -0.393 e. The van der Waals surface area contributed by atoms with Crippen molar-refractivity contribution in [1.29, 1.82) is 0 Å². The molecule has 0 saturated heterocycles. The molecule has 0 fully saturated rings. The molecule has 0 bridgehead atoms. The minimum atomic E-state index is -0.411. The van der Waals surface area contributed by atoms with Gasteiger partial charge in [0.1, 0.15) is 5.78 Å². The lowest BCUT2D eigenvalue weighted by Gasteiger charge is -2.08. The number of Topliss-reactive ketones (excluding diaryl/α,β-unsaturated/α-hetero) is 1. The minimum absolute atomic E-state index is 0.0830. The molecule has 0 radical (unpaired) electrons. The van der Waals surface area contributed by atoms with Crippen LogP contribution in [0.15, 0.2) is 0 Å². The summed E-state index contributed by atoms with van der Waals surface area (Å²) in [5.41, 5.74) is 0. The number of aliphatic hydroxyl groups excluding tert-OH is 1. The summed E-state index contributed by atoms with van der Waals surface area (Å²) in [6.07, 6.45) is 5.41. The summed E-state index contributed by atoms with van der Waals surface area (Å²) >= 11 is 0. The Balaban J connectivity index is 3.23. The Morgan fingerprint density at radius 1 is 1.14 bits per heavy atom. The molecule has 0 aliphatic carbocycles. The first-order valence-corrected chi connectivity index (χ1v) is 5.70. The molecule has 0 heterocycles. The summed E-state index contributed by atoms with van der Waals surface area (Å²) < 4.78 is 0. The maximum absolute atomic E-state index is 10.7. The summed E-state index contributed by atoms with van der Waals surface area (Å²) in [6.45, 7) is 5.98. The molecule has 84 valence electrons. The zero-order valence-electron chi connectivity index (χ0n) is 9.75.